The number of alkyl halides is 3. The number of benzene rings is 2. The number of rotatable bonds is 3. The van der Waals surface area contributed by atoms with Crippen LogP contribution in [-0.2, 0) is 13.2 Å². The maximum Gasteiger partial charge on any atom is 0.416 e. The van der Waals surface area contributed by atoms with E-state index in [2.05, 4.69) is 5.10 Å². The van der Waals surface area contributed by atoms with Crippen LogP contribution in [0.3, 0.4) is 0 Å². The van der Waals surface area contributed by atoms with Crippen molar-refractivity contribution >= 4 is 11.6 Å². The zero-order valence-electron chi connectivity index (χ0n) is 13.1. The lowest BCUT2D eigenvalue weighted by Gasteiger charge is -2.18. The fraction of sp³-hybridized carbons (Fsp3) is 0.167. The molecule has 0 aliphatic heterocycles. The lowest BCUT2D eigenvalue weighted by molar-refractivity contribution is -0.139. The first kappa shape index (κ1) is 17.5. The van der Waals surface area contributed by atoms with Gasteiger partial charge in [-0.25, -0.2) is 0 Å². The highest BCUT2D eigenvalue weighted by atomic mass is 35.5. The van der Waals surface area contributed by atoms with Crippen molar-refractivity contribution in [2.75, 3.05) is 0 Å². The van der Waals surface area contributed by atoms with Crippen LogP contribution in [0.1, 0.15) is 22.8 Å². The summed E-state index contributed by atoms with van der Waals surface area (Å²) in [6.45, 7) is 0. The molecule has 2 aromatic carbocycles. The number of nitrogens with zero attached hydrogens (tertiary/aromatic N) is 2. The van der Waals surface area contributed by atoms with Crippen molar-refractivity contribution in [3.05, 3.63) is 76.4 Å². The van der Waals surface area contributed by atoms with Gasteiger partial charge in [-0.1, -0.05) is 60.1 Å². The Morgan fingerprint density at radius 2 is 1.64 bits per heavy atom. The summed E-state index contributed by atoms with van der Waals surface area (Å²) in [7, 11) is 1.57. The molecule has 25 heavy (non-hydrogen) atoms. The standard InChI is InChI=1S/C18H14ClF3N2O/c1-24-17(19)14(15(23-24)11-7-3-2-4-8-11)16(25)12-9-5-6-10-13(12)18(20,21)22/h2-10,16,25H,1H3/t16-/m0/s1. The predicted octanol–water partition coefficient (Wildman–Crippen LogP) is 4.84. The molecule has 0 aliphatic rings. The van der Waals surface area contributed by atoms with Crippen LogP contribution in [0.4, 0.5) is 13.2 Å². The molecule has 0 saturated heterocycles. The molecule has 0 unspecified atom stereocenters. The van der Waals surface area contributed by atoms with Crippen molar-refractivity contribution in [1.29, 1.82) is 0 Å². The summed E-state index contributed by atoms with van der Waals surface area (Å²) < 4.78 is 41.2. The Balaban J connectivity index is 2.19. The maximum atomic E-state index is 13.3. The van der Waals surface area contributed by atoms with E-state index in [1.54, 1.807) is 31.3 Å². The Labute approximate surface area is 147 Å². The van der Waals surface area contributed by atoms with E-state index >= 15 is 0 Å². The third-order valence-electron chi connectivity index (χ3n) is 3.89. The van der Waals surface area contributed by atoms with E-state index in [-0.39, 0.29) is 16.3 Å². The summed E-state index contributed by atoms with van der Waals surface area (Å²) in [4.78, 5) is 0. The molecule has 1 aromatic heterocycles. The van der Waals surface area contributed by atoms with Crippen molar-refractivity contribution in [1.82, 2.24) is 9.78 Å². The van der Waals surface area contributed by atoms with Gasteiger partial charge in [0.1, 0.15) is 17.0 Å². The lowest BCUT2D eigenvalue weighted by atomic mass is 9.95. The quantitative estimate of drug-likeness (QED) is 0.720. The Morgan fingerprint density at radius 3 is 2.28 bits per heavy atom. The van der Waals surface area contributed by atoms with Crippen LogP contribution >= 0.6 is 11.6 Å². The molecular weight excluding hydrogens is 353 g/mol. The molecule has 0 radical (unpaired) electrons. The summed E-state index contributed by atoms with van der Waals surface area (Å²) in [5, 5.41) is 15.1. The third kappa shape index (κ3) is 3.27. The average molecular weight is 367 g/mol. The van der Waals surface area contributed by atoms with E-state index in [0.29, 0.717) is 11.3 Å². The summed E-state index contributed by atoms with van der Waals surface area (Å²) in [5.41, 5.74) is -0.0169. The van der Waals surface area contributed by atoms with Gasteiger partial charge in [-0.05, 0) is 11.6 Å². The minimum Gasteiger partial charge on any atom is -0.383 e. The molecule has 0 bridgehead atoms. The number of hydrogen-bond acceptors (Lipinski definition) is 2. The third-order valence-corrected chi connectivity index (χ3v) is 4.34. The van der Waals surface area contributed by atoms with Crippen molar-refractivity contribution in [3.8, 4) is 11.3 Å². The van der Waals surface area contributed by atoms with Gasteiger partial charge in [0.2, 0.25) is 0 Å². The van der Waals surface area contributed by atoms with Crippen LogP contribution in [0.15, 0.2) is 54.6 Å². The smallest absolute Gasteiger partial charge is 0.383 e. The molecule has 130 valence electrons. The van der Waals surface area contributed by atoms with Crippen LogP contribution in [0.25, 0.3) is 11.3 Å². The SMILES string of the molecule is Cn1nc(-c2ccccc2)c([C@@H](O)c2ccccc2C(F)(F)F)c1Cl. The number of aromatic nitrogens is 2. The molecule has 0 amide bonds. The number of hydrogen-bond donors (Lipinski definition) is 1. The molecule has 0 saturated carbocycles. The first-order valence-corrected chi connectivity index (χ1v) is 7.80. The Morgan fingerprint density at radius 1 is 1.04 bits per heavy atom. The molecule has 0 spiro atoms. The second kappa shape index (κ2) is 6.54. The van der Waals surface area contributed by atoms with Gasteiger partial charge >= 0.3 is 6.18 Å². The van der Waals surface area contributed by atoms with Crippen LogP contribution in [0, 0.1) is 0 Å². The molecular formula is C18H14ClF3N2O. The van der Waals surface area contributed by atoms with Gasteiger partial charge in [0.25, 0.3) is 0 Å². The van der Waals surface area contributed by atoms with Gasteiger partial charge in [-0.3, -0.25) is 4.68 Å². The van der Waals surface area contributed by atoms with E-state index in [1.807, 2.05) is 6.07 Å². The molecule has 7 heteroatoms. The topological polar surface area (TPSA) is 38.0 Å². The van der Waals surface area contributed by atoms with Gasteiger partial charge in [-0.2, -0.15) is 18.3 Å². The molecule has 1 N–H and O–H groups in total. The predicted molar refractivity (Wildman–Crippen MR) is 89.2 cm³/mol. The maximum absolute atomic E-state index is 13.3. The number of halogens is 4. The minimum absolute atomic E-state index is 0.0864. The molecule has 0 aliphatic carbocycles. The van der Waals surface area contributed by atoms with E-state index < -0.39 is 17.8 Å². The zero-order chi connectivity index (χ0) is 18.2. The molecule has 3 nitrogen and oxygen atoms in total. The van der Waals surface area contributed by atoms with Gasteiger partial charge in [0, 0.05) is 12.6 Å². The van der Waals surface area contributed by atoms with Crippen molar-refractivity contribution in [2.24, 2.45) is 7.05 Å². The van der Waals surface area contributed by atoms with Crippen molar-refractivity contribution in [3.63, 3.8) is 0 Å². The lowest BCUT2D eigenvalue weighted by Crippen LogP contribution is -2.13. The average Bonchev–Trinajstić information content (AvgIpc) is 2.89. The molecule has 1 heterocycles. The van der Waals surface area contributed by atoms with E-state index in [0.717, 1.165) is 6.07 Å². The highest BCUT2D eigenvalue weighted by Gasteiger charge is 2.36. The fourth-order valence-electron chi connectivity index (χ4n) is 2.72. The van der Waals surface area contributed by atoms with Crippen molar-refractivity contribution < 1.29 is 18.3 Å². The van der Waals surface area contributed by atoms with Crippen LogP contribution in [0.5, 0.6) is 0 Å². The Kier molecular flexibility index (Phi) is 4.58. The first-order chi connectivity index (χ1) is 11.8. The van der Waals surface area contributed by atoms with Gasteiger partial charge in [0.05, 0.1) is 11.1 Å². The summed E-state index contributed by atoms with van der Waals surface area (Å²) in [5.74, 6) is 0. The van der Waals surface area contributed by atoms with E-state index in [9.17, 15) is 18.3 Å². The molecule has 0 fully saturated rings. The highest BCUT2D eigenvalue weighted by Crippen LogP contribution is 2.41. The first-order valence-electron chi connectivity index (χ1n) is 7.42. The van der Waals surface area contributed by atoms with Crippen LogP contribution in [-0.4, -0.2) is 14.9 Å². The van der Waals surface area contributed by atoms with E-state index in [4.69, 9.17) is 11.6 Å². The van der Waals surface area contributed by atoms with Crippen molar-refractivity contribution in [2.45, 2.75) is 12.3 Å². The fourth-order valence-corrected chi connectivity index (χ4v) is 2.95. The monoisotopic (exact) mass is 366 g/mol. The number of aliphatic hydroxyl groups is 1. The summed E-state index contributed by atoms with van der Waals surface area (Å²) >= 11 is 6.23. The Bertz CT molecular complexity index is 891. The van der Waals surface area contributed by atoms with E-state index in [1.165, 1.54) is 22.9 Å². The number of aliphatic hydroxyl groups excluding tert-OH is 1. The zero-order valence-corrected chi connectivity index (χ0v) is 13.9. The Hall–Kier alpha value is -2.31. The normalized spacial score (nSPS) is 13.0. The largest absolute Gasteiger partial charge is 0.416 e. The molecule has 3 rings (SSSR count). The van der Waals surface area contributed by atoms with Crippen LogP contribution in [0.2, 0.25) is 5.15 Å². The second-order valence-corrected chi connectivity index (χ2v) is 5.89. The van der Waals surface area contributed by atoms with Gasteiger partial charge < -0.3 is 5.11 Å². The van der Waals surface area contributed by atoms with Gasteiger partial charge in [-0.15, -0.1) is 0 Å². The minimum atomic E-state index is -4.58. The second-order valence-electron chi connectivity index (χ2n) is 5.53. The summed E-state index contributed by atoms with van der Waals surface area (Å²) in [6.07, 6.45) is -6.15. The number of aryl methyl sites for hydroxylation is 1. The molecule has 3 aromatic rings. The van der Waals surface area contributed by atoms with Gasteiger partial charge in [0.15, 0.2) is 0 Å². The summed E-state index contributed by atoms with van der Waals surface area (Å²) in [6, 6.07) is 13.8. The molecule has 1 atom stereocenters. The van der Waals surface area contributed by atoms with Crippen LogP contribution < -0.4 is 0 Å². The highest BCUT2D eigenvalue weighted by molar-refractivity contribution is 6.30.